The molecule has 28 heavy (non-hydrogen) atoms. The van der Waals surface area contributed by atoms with Gasteiger partial charge in [0.2, 0.25) is 5.89 Å². The summed E-state index contributed by atoms with van der Waals surface area (Å²) in [6, 6.07) is 18.6. The van der Waals surface area contributed by atoms with Gasteiger partial charge in [-0.05, 0) is 61.5 Å². The molecule has 0 unspecified atom stereocenters. The molecule has 1 aromatic heterocycles. The molecule has 0 aliphatic heterocycles. The highest BCUT2D eigenvalue weighted by Gasteiger charge is 2.10. The van der Waals surface area contributed by atoms with Gasteiger partial charge in [-0.15, -0.1) is 0 Å². The number of nitrogens with zero attached hydrogens (tertiary/aromatic N) is 1. The lowest BCUT2D eigenvalue weighted by Gasteiger charge is -2.07. The second-order valence-electron chi connectivity index (χ2n) is 6.36. The van der Waals surface area contributed by atoms with Gasteiger partial charge >= 0.3 is 0 Å². The standard InChI is InChI=1S/C22H17FN2O3/c1-14-2-9-18(10-3-14)27-13-21(26)24-17-8-11-20-19(12-17)25-22(28-20)15-4-6-16(23)7-5-15/h2-12H,13H2,1H3,(H,24,26). The number of aromatic nitrogens is 1. The highest BCUT2D eigenvalue weighted by Crippen LogP contribution is 2.26. The largest absolute Gasteiger partial charge is 0.484 e. The number of anilines is 1. The lowest BCUT2D eigenvalue weighted by Crippen LogP contribution is -2.20. The van der Waals surface area contributed by atoms with Crippen molar-refractivity contribution in [2.24, 2.45) is 0 Å². The molecular weight excluding hydrogens is 359 g/mol. The number of oxazole rings is 1. The summed E-state index contributed by atoms with van der Waals surface area (Å²) in [7, 11) is 0. The molecule has 0 bridgehead atoms. The summed E-state index contributed by atoms with van der Waals surface area (Å²) in [5.74, 6) is 0.428. The molecule has 0 spiro atoms. The van der Waals surface area contributed by atoms with Crippen LogP contribution in [-0.2, 0) is 4.79 Å². The topological polar surface area (TPSA) is 64.4 Å². The molecule has 3 aromatic carbocycles. The predicted molar refractivity (Wildman–Crippen MR) is 105 cm³/mol. The van der Waals surface area contributed by atoms with Crippen molar-refractivity contribution in [1.82, 2.24) is 4.98 Å². The van der Waals surface area contributed by atoms with Crippen LogP contribution in [0.3, 0.4) is 0 Å². The Morgan fingerprint density at radius 1 is 1.07 bits per heavy atom. The smallest absolute Gasteiger partial charge is 0.262 e. The van der Waals surface area contributed by atoms with E-state index in [0.29, 0.717) is 34.0 Å². The monoisotopic (exact) mass is 376 g/mol. The summed E-state index contributed by atoms with van der Waals surface area (Å²) < 4.78 is 24.2. The molecule has 0 radical (unpaired) electrons. The summed E-state index contributed by atoms with van der Waals surface area (Å²) in [6.07, 6.45) is 0. The Morgan fingerprint density at radius 3 is 2.57 bits per heavy atom. The average molecular weight is 376 g/mol. The van der Waals surface area contributed by atoms with E-state index in [-0.39, 0.29) is 18.3 Å². The Morgan fingerprint density at radius 2 is 1.82 bits per heavy atom. The number of hydrogen-bond acceptors (Lipinski definition) is 4. The van der Waals surface area contributed by atoms with Gasteiger partial charge in [0.05, 0.1) is 0 Å². The van der Waals surface area contributed by atoms with E-state index in [2.05, 4.69) is 10.3 Å². The van der Waals surface area contributed by atoms with Gasteiger partial charge in [0.15, 0.2) is 12.2 Å². The number of fused-ring (bicyclic) bond motifs is 1. The number of carbonyl (C=O) groups excluding carboxylic acids is 1. The Labute approximate surface area is 160 Å². The van der Waals surface area contributed by atoms with E-state index in [9.17, 15) is 9.18 Å². The number of hydrogen-bond donors (Lipinski definition) is 1. The van der Waals surface area contributed by atoms with Gasteiger partial charge in [-0.2, -0.15) is 0 Å². The van der Waals surface area contributed by atoms with Crippen LogP contribution in [0.4, 0.5) is 10.1 Å². The van der Waals surface area contributed by atoms with Crippen molar-refractivity contribution in [2.45, 2.75) is 6.92 Å². The molecule has 5 nitrogen and oxygen atoms in total. The molecule has 4 aromatic rings. The van der Waals surface area contributed by atoms with Crippen molar-refractivity contribution in [2.75, 3.05) is 11.9 Å². The van der Waals surface area contributed by atoms with Crippen LogP contribution in [0.1, 0.15) is 5.56 Å². The van der Waals surface area contributed by atoms with Crippen molar-refractivity contribution in [1.29, 1.82) is 0 Å². The molecule has 1 N–H and O–H groups in total. The summed E-state index contributed by atoms with van der Waals surface area (Å²) in [5.41, 5.74) is 3.56. The average Bonchev–Trinajstić information content (AvgIpc) is 3.11. The summed E-state index contributed by atoms with van der Waals surface area (Å²) >= 11 is 0. The first kappa shape index (κ1) is 17.7. The van der Waals surface area contributed by atoms with Gasteiger partial charge in [-0.3, -0.25) is 4.79 Å². The molecule has 4 rings (SSSR count). The van der Waals surface area contributed by atoms with Crippen LogP contribution in [0.2, 0.25) is 0 Å². The molecule has 6 heteroatoms. The fourth-order valence-electron chi connectivity index (χ4n) is 2.70. The van der Waals surface area contributed by atoms with Crippen molar-refractivity contribution < 1.29 is 18.3 Å². The highest BCUT2D eigenvalue weighted by molar-refractivity contribution is 5.94. The fraction of sp³-hybridized carbons (Fsp3) is 0.0909. The molecule has 0 saturated carbocycles. The number of carbonyl (C=O) groups is 1. The Hall–Kier alpha value is -3.67. The molecule has 0 aliphatic rings. The first-order valence-electron chi connectivity index (χ1n) is 8.73. The van der Waals surface area contributed by atoms with Crippen LogP contribution in [0.5, 0.6) is 5.75 Å². The molecule has 0 fully saturated rings. The van der Waals surface area contributed by atoms with Crippen molar-refractivity contribution in [3.05, 3.63) is 78.1 Å². The molecule has 1 heterocycles. The zero-order valence-corrected chi connectivity index (χ0v) is 15.1. The van der Waals surface area contributed by atoms with E-state index < -0.39 is 0 Å². The van der Waals surface area contributed by atoms with Gasteiger partial charge in [0.25, 0.3) is 5.91 Å². The van der Waals surface area contributed by atoms with Gasteiger partial charge in [0.1, 0.15) is 17.1 Å². The van der Waals surface area contributed by atoms with E-state index in [1.54, 1.807) is 30.3 Å². The summed E-state index contributed by atoms with van der Waals surface area (Å²) in [4.78, 5) is 16.5. The molecule has 0 aliphatic carbocycles. The number of amides is 1. The molecule has 1 amide bonds. The van der Waals surface area contributed by atoms with Crippen LogP contribution >= 0.6 is 0 Å². The second-order valence-corrected chi connectivity index (χ2v) is 6.36. The maximum Gasteiger partial charge on any atom is 0.262 e. The first-order chi connectivity index (χ1) is 13.6. The number of halogens is 1. The van der Waals surface area contributed by atoms with Gasteiger partial charge in [0, 0.05) is 11.3 Å². The molecule has 140 valence electrons. The minimum absolute atomic E-state index is 0.0965. The highest BCUT2D eigenvalue weighted by atomic mass is 19.1. The van der Waals surface area contributed by atoms with E-state index >= 15 is 0 Å². The lowest BCUT2D eigenvalue weighted by atomic mass is 10.2. The molecule has 0 saturated heterocycles. The minimum Gasteiger partial charge on any atom is -0.484 e. The first-order valence-corrected chi connectivity index (χ1v) is 8.73. The van der Waals surface area contributed by atoms with Crippen LogP contribution in [0.25, 0.3) is 22.6 Å². The van der Waals surface area contributed by atoms with Gasteiger partial charge < -0.3 is 14.5 Å². The van der Waals surface area contributed by atoms with Crippen LogP contribution in [0.15, 0.2) is 71.1 Å². The summed E-state index contributed by atoms with van der Waals surface area (Å²) in [5, 5.41) is 2.78. The third kappa shape index (κ3) is 4.01. The summed E-state index contributed by atoms with van der Waals surface area (Å²) in [6.45, 7) is 1.89. The third-order valence-electron chi connectivity index (χ3n) is 4.15. The van der Waals surface area contributed by atoms with Crippen LogP contribution < -0.4 is 10.1 Å². The SMILES string of the molecule is Cc1ccc(OCC(=O)Nc2ccc3oc(-c4ccc(F)cc4)nc3c2)cc1. The number of benzene rings is 3. The van der Waals surface area contributed by atoms with E-state index in [1.165, 1.54) is 12.1 Å². The second kappa shape index (κ2) is 7.52. The van der Waals surface area contributed by atoms with Crippen LogP contribution in [-0.4, -0.2) is 17.5 Å². The normalized spacial score (nSPS) is 10.8. The Kier molecular flexibility index (Phi) is 4.76. The predicted octanol–water partition coefficient (Wildman–Crippen LogP) is 4.96. The third-order valence-corrected chi connectivity index (χ3v) is 4.15. The van der Waals surface area contributed by atoms with E-state index in [0.717, 1.165) is 5.56 Å². The van der Waals surface area contributed by atoms with Gasteiger partial charge in [-0.1, -0.05) is 17.7 Å². The quantitative estimate of drug-likeness (QED) is 0.535. The zero-order valence-electron chi connectivity index (χ0n) is 15.1. The number of nitrogens with one attached hydrogen (secondary N) is 1. The van der Waals surface area contributed by atoms with E-state index in [1.807, 2.05) is 31.2 Å². The maximum atomic E-state index is 13.1. The Balaban J connectivity index is 1.44. The minimum atomic E-state index is -0.322. The van der Waals surface area contributed by atoms with Crippen molar-refractivity contribution in [3.63, 3.8) is 0 Å². The van der Waals surface area contributed by atoms with Gasteiger partial charge in [-0.25, -0.2) is 9.37 Å². The number of aryl methyl sites for hydroxylation is 1. The Bertz CT molecular complexity index is 1120. The van der Waals surface area contributed by atoms with Crippen molar-refractivity contribution >= 4 is 22.7 Å². The molecular formula is C22H17FN2O3. The number of rotatable bonds is 5. The zero-order chi connectivity index (χ0) is 19.5. The fourth-order valence-corrected chi connectivity index (χ4v) is 2.70. The van der Waals surface area contributed by atoms with E-state index in [4.69, 9.17) is 9.15 Å². The number of ether oxygens (including phenoxy) is 1. The van der Waals surface area contributed by atoms with Crippen molar-refractivity contribution in [3.8, 4) is 17.2 Å². The van der Waals surface area contributed by atoms with Crippen LogP contribution in [0, 0.1) is 12.7 Å². The maximum absolute atomic E-state index is 13.1. The lowest BCUT2D eigenvalue weighted by molar-refractivity contribution is -0.118. The molecule has 0 atom stereocenters.